The van der Waals surface area contributed by atoms with Crippen molar-refractivity contribution in [3.63, 3.8) is 0 Å². The number of hydrogen-bond donors (Lipinski definition) is 3. The van der Waals surface area contributed by atoms with Crippen LogP contribution in [0.3, 0.4) is 0 Å². The fourth-order valence-electron chi connectivity index (χ4n) is 5.77. The number of carbonyl (C=O) groups excluding carboxylic acids is 4. The van der Waals surface area contributed by atoms with E-state index in [0.717, 1.165) is 89.5 Å². The second-order valence-electron chi connectivity index (χ2n) is 13.5. The number of alkyl halides is 1. The number of Topliss-reactive ketones (excluding diaryl/α,β-unsaturated/α-hetero) is 1. The molecule has 1 saturated heterocycles. The number of ether oxygens (including phenoxy) is 3. The van der Waals surface area contributed by atoms with Crippen molar-refractivity contribution in [2.24, 2.45) is 5.73 Å². The Bertz CT molecular complexity index is 1460. The number of hydrogen-bond acceptors (Lipinski definition) is 15. The van der Waals surface area contributed by atoms with Gasteiger partial charge in [-0.05, 0) is 95.7 Å². The first kappa shape index (κ1) is 62.8. The number of halogens is 1. The number of ketones is 1. The zero-order chi connectivity index (χ0) is 46.5. The molecule has 17 heteroatoms. The summed E-state index contributed by atoms with van der Waals surface area (Å²) in [6, 6.07) is 30.8. The Kier molecular flexibility index (Phi) is 46.9. The second-order valence-corrected chi connectivity index (χ2v) is 14.2. The molecule has 0 atom stereocenters. The lowest BCUT2D eigenvalue weighted by Crippen LogP contribution is -2.28. The van der Waals surface area contributed by atoms with E-state index in [0.29, 0.717) is 51.4 Å². The van der Waals surface area contributed by atoms with Crippen LogP contribution in [0.15, 0.2) is 91.0 Å². The van der Waals surface area contributed by atoms with Crippen molar-refractivity contribution in [3.8, 4) is 0 Å². The Balaban J connectivity index is -0.000000792. The van der Waals surface area contributed by atoms with Crippen LogP contribution in [0.25, 0.3) is 0 Å². The van der Waals surface area contributed by atoms with E-state index >= 15 is 0 Å². The molecular formula is C46H72BrN3O13. The second kappa shape index (κ2) is 47.0. The predicted molar refractivity (Wildman–Crippen MR) is 249 cm³/mol. The van der Waals surface area contributed by atoms with E-state index in [1.165, 1.54) is 16.7 Å². The van der Waals surface area contributed by atoms with E-state index in [2.05, 4.69) is 78.0 Å². The lowest BCUT2D eigenvalue weighted by atomic mass is 10.1. The van der Waals surface area contributed by atoms with Gasteiger partial charge in [-0.3, -0.25) is 29.0 Å². The number of nitrogens with two attached hydrogens (primary N) is 1. The van der Waals surface area contributed by atoms with Crippen LogP contribution in [0.5, 0.6) is 0 Å². The van der Waals surface area contributed by atoms with Crippen molar-refractivity contribution in [3.05, 3.63) is 118 Å². The fourth-order valence-corrected chi connectivity index (χ4v) is 6.05. The summed E-state index contributed by atoms with van der Waals surface area (Å²) >= 11 is 3.22. The summed E-state index contributed by atoms with van der Waals surface area (Å²) in [6.45, 7) is 13.0. The molecule has 0 aliphatic carbocycles. The normalized spacial score (nSPS) is 11.7. The van der Waals surface area contributed by atoms with Gasteiger partial charge in [0.25, 0.3) is 0 Å². The lowest BCUT2D eigenvalue weighted by molar-refractivity contribution is -0.465. The number of esters is 3. The molecule has 6 N–H and O–H groups in total. The Morgan fingerprint density at radius 1 is 0.651 bits per heavy atom. The Labute approximate surface area is 381 Å². The van der Waals surface area contributed by atoms with Crippen LogP contribution >= 0.6 is 15.9 Å². The third-order valence-electron chi connectivity index (χ3n) is 8.58. The van der Waals surface area contributed by atoms with Crippen molar-refractivity contribution in [2.75, 3.05) is 51.3 Å². The van der Waals surface area contributed by atoms with Crippen molar-refractivity contribution in [1.82, 2.24) is 9.80 Å². The molecule has 1 heterocycles. The van der Waals surface area contributed by atoms with Crippen LogP contribution in [-0.2, 0) is 58.1 Å². The standard InChI is InChI=1S/C19H29NO4.C14H19NO.C7H9N.C6H11BrO2.H2O3.O2.H2O/c1-3-23-18(21)12-8-14-20(15-9-13-19(22)24-4-2)16-17-10-6-5-7-11-17;16-14-8-4-10-15(11-5-9-14)12-13-6-2-1-3-7-13;8-6-7-4-2-1-3-5-7;1-2-9-6(8)4-3-5-7;1-3-2;1-2;/h5-7,10-11H,3-4,8-9,12-16H2,1-2H3;1-3,6-7H,4-5,8-12H2;1-5H,6,8H2;2-5H2,1H3;1-2H;;1H2. The summed E-state index contributed by atoms with van der Waals surface area (Å²) in [5.74, 6) is 0.0451. The van der Waals surface area contributed by atoms with Crippen molar-refractivity contribution in [1.29, 1.82) is 0 Å². The van der Waals surface area contributed by atoms with E-state index in [-0.39, 0.29) is 23.4 Å². The summed E-state index contributed by atoms with van der Waals surface area (Å²) in [5, 5.41) is 16.4. The minimum absolute atomic E-state index is 0. The van der Waals surface area contributed by atoms with Gasteiger partial charge in [0.1, 0.15) is 5.78 Å². The number of rotatable bonds is 19. The van der Waals surface area contributed by atoms with Crippen LogP contribution in [0, 0.1) is 9.93 Å². The van der Waals surface area contributed by atoms with Gasteiger partial charge in [0.2, 0.25) is 0 Å². The molecule has 0 radical (unpaired) electrons. The molecule has 63 heavy (non-hydrogen) atoms. The zero-order valence-electron chi connectivity index (χ0n) is 37.3. The van der Waals surface area contributed by atoms with E-state index in [4.69, 9.17) is 35.7 Å². The summed E-state index contributed by atoms with van der Waals surface area (Å²) < 4.78 is 14.6. The van der Waals surface area contributed by atoms with Crippen LogP contribution < -0.4 is 5.73 Å². The zero-order valence-corrected chi connectivity index (χ0v) is 38.9. The maximum atomic E-state index is 11.5. The Morgan fingerprint density at radius 3 is 1.37 bits per heavy atom. The summed E-state index contributed by atoms with van der Waals surface area (Å²) in [4.78, 5) is 63.5. The van der Waals surface area contributed by atoms with Gasteiger partial charge < -0.3 is 25.4 Å². The molecule has 0 saturated carbocycles. The quantitative estimate of drug-likeness (QED) is 0.0340. The highest BCUT2D eigenvalue weighted by Gasteiger charge is 2.13. The van der Waals surface area contributed by atoms with Crippen LogP contribution in [0.4, 0.5) is 0 Å². The third kappa shape index (κ3) is 40.1. The van der Waals surface area contributed by atoms with E-state index in [9.17, 15) is 19.2 Å². The minimum atomic E-state index is -0.149. The minimum Gasteiger partial charge on any atom is -0.466 e. The molecule has 4 rings (SSSR count). The molecular weight excluding hydrogens is 882 g/mol. The van der Waals surface area contributed by atoms with Gasteiger partial charge in [0.05, 0.1) is 19.8 Å². The largest absolute Gasteiger partial charge is 0.466 e. The van der Waals surface area contributed by atoms with Gasteiger partial charge in [0.15, 0.2) is 0 Å². The molecule has 3 aromatic rings. The van der Waals surface area contributed by atoms with Gasteiger partial charge >= 0.3 is 17.9 Å². The molecule has 0 unspecified atom stereocenters. The molecule has 16 nitrogen and oxygen atoms in total. The highest BCUT2D eigenvalue weighted by Crippen LogP contribution is 2.12. The summed E-state index contributed by atoms with van der Waals surface area (Å²) in [5.41, 5.74) is 9.13. The van der Waals surface area contributed by atoms with Gasteiger partial charge in [-0.2, -0.15) is 0 Å². The maximum absolute atomic E-state index is 11.5. The molecule has 3 aromatic carbocycles. The molecule has 356 valence electrons. The van der Waals surface area contributed by atoms with Gasteiger partial charge in [0, 0.05) is 67.0 Å². The lowest BCUT2D eigenvalue weighted by Gasteiger charge is -2.24. The summed E-state index contributed by atoms with van der Waals surface area (Å²) in [7, 11) is 0. The number of likely N-dealkylation sites (tertiary alicyclic amines) is 1. The smallest absolute Gasteiger partial charge is 0.305 e. The first-order chi connectivity index (χ1) is 30.1. The van der Waals surface area contributed by atoms with Gasteiger partial charge in [-0.15, -0.1) is 0 Å². The van der Waals surface area contributed by atoms with Crippen molar-refractivity contribution >= 4 is 39.6 Å². The molecule has 0 bridgehead atoms. The Hall–Kier alpha value is -4.46. The fraction of sp³-hybridized carbons (Fsp3) is 0.522. The van der Waals surface area contributed by atoms with E-state index < -0.39 is 0 Å². The molecule has 1 aliphatic rings. The number of carbonyl (C=O) groups is 4. The van der Waals surface area contributed by atoms with Crippen molar-refractivity contribution in [2.45, 2.75) is 105 Å². The van der Waals surface area contributed by atoms with Crippen molar-refractivity contribution < 1.29 is 54.4 Å². The molecule has 0 aromatic heterocycles. The average Bonchev–Trinajstić information content (AvgIpc) is 3.28. The first-order valence-corrected chi connectivity index (χ1v) is 22.2. The molecule has 0 spiro atoms. The van der Waals surface area contributed by atoms with Crippen LogP contribution in [0.2, 0.25) is 0 Å². The Morgan fingerprint density at radius 2 is 1.02 bits per heavy atom. The number of benzene rings is 3. The third-order valence-corrected chi connectivity index (χ3v) is 9.14. The van der Waals surface area contributed by atoms with Gasteiger partial charge in [-0.25, -0.2) is 10.5 Å². The average molecular weight is 955 g/mol. The van der Waals surface area contributed by atoms with Crippen LogP contribution in [-0.4, -0.2) is 101 Å². The van der Waals surface area contributed by atoms with Crippen LogP contribution in [0.1, 0.15) is 102 Å². The monoisotopic (exact) mass is 953 g/mol. The highest BCUT2D eigenvalue weighted by atomic mass is 79.9. The molecule has 0 amide bonds. The van der Waals surface area contributed by atoms with E-state index in [1.54, 1.807) is 0 Å². The highest BCUT2D eigenvalue weighted by molar-refractivity contribution is 9.09. The maximum Gasteiger partial charge on any atom is 0.305 e. The number of nitrogens with zero attached hydrogens (tertiary/aromatic N) is 2. The molecule has 1 fully saturated rings. The predicted octanol–water partition coefficient (Wildman–Crippen LogP) is 7.87. The summed E-state index contributed by atoms with van der Waals surface area (Å²) in [6.07, 6.45) is 7.33. The van der Waals surface area contributed by atoms with Gasteiger partial charge in [-0.1, -0.05) is 112 Å². The SMILES string of the molecule is CCOC(=O)CCCBr.CCOC(=O)CCCN(CCCC(=O)OCC)Cc1ccccc1.NCc1ccccc1.O.O=C1CCCN(Cc2ccccc2)CCC1.O=O.OOO. The first-order valence-electron chi connectivity index (χ1n) is 21.1. The topological polar surface area (TPSA) is 244 Å². The van der Waals surface area contributed by atoms with E-state index in [1.807, 2.05) is 69.3 Å². The molecule has 1 aliphatic heterocycles.